The lowest BCUT2D eigenvalue weighted by atomic mass is 9.96. The molecule has 1 amide bonds. The maximum absolute atomic E-state index is 12.4. The normalized spacial score (nSPS) is 19.1. The van der Waals surface area contributed by atoms with Gasteiger partial charge < -0.3 is 10.0 Å². The van der Waals surface area contributed by atoms with E-state index in [1.54, 1.807) is 0 Å². The second kappa shape index (κ2) is 7.20. The van der Waals surface area contributed by atoms with Gasteiger partial charge in [-0.2, -0.15) is 0 Å². The van der Waals surface area contributed by atoms with Crippen molar-refractivity contribution in [3.63, 3.8) is 0 Å². The van der Waals surface area contributed by atoms with Gasteiger partial charge in [0.05, 0.1) is 5.56 Å². The third kappa shape index (κ3) is 4.03. The van der Waals surface area contributed by atoms with Crippen LogP contribution in [0.4, 0.5) is 0 Å². The van der Waals surface area contributed by atoms with Crippen LogP contribution in [0.1, 0.15) is 59.9 Å². The summed E-state index contributed by atoms with van der Waals surface area (Å²) < 4.78 is 0. The van der Waals surface area contributed by atoms with Gasteiger partial charge >= 0.3 is 5.97 Å². The summed E-state index contributed by atoms with van der Waals surface area (Å²) in [6, 6.07) is 2.93. The number of likely N-dealkylation sites (tertiary alicyclic amines) is 1. The Morgan fingerprint density at radius 3 is 2.76 bits per heavy atom. The zero-order valence-corrected chi connectivity index (χ0v) is 12.4. The highest BCUT2D eigenvalue weighted by Gasteiger charge is 2.22. The largest absolute Gasteiger partial charge is 0.478 e. The number of pyridine rings is 1. The zero-order valence-electron chi connectivity index (χ0n) is 12.4. The predicted molar refractivity (Wildman–Crippen MR) is 79.3 cm³/mol. The fourth-order valence-electron chi connectivity index (χ4n) is 2.87. The number of nitrogens with zero attached hydrogens (tertiary/aromatic N) is 2. The zero-order chi connectivity index (χ0) is 15.2. The van der Waals surface area contributed by atoms with Crippen molar-refractivity contribution < 1.29 is 14.7 Å². The second-order valence-electron chi connectivity index (χ2n) is 5.62. The molecule has 0 saturated carbocycles. The van der Waals surface area contributed by atoms with E-state index in [1.807, 2.05) is 4.90 Å². The highest BCUT2D eigenvalue weighted by atomic mass is 16.4. The minimum atomic E-state index is -1.03. The lowest BCUT2D eigenvalue weighted by Crippen LogP contribution is -2.32. The molecule has 1 atom stereocenters. The molecule has 1 saturated heterocycles. The molecule has 1 aliphatic heterocycles. The number of carboxylic acid groups (broad SMARTS) is 1. The van der Waals surface area contributed by atoms with Crippen LogP contribution in [0.2, 0.25) is 0 Å². The molecular formula is C16H22N2O3. The molecule has 5 nitrogen and oxygen atoms in total. The van der Waals surface area contributed by atoms with E-state index in [4.69, 9.17) is 5.11 Å². The van der Waals surface area contributed by atoms with Gasteiger partial charge in [-0.25, -0.2) is 4.79 Å². The smallest absolute Gasteiger partial charge is 0.337 e. The summed E-state index contributed by atoms with van der Waals surface area (Å²) in [7, 11) is 0. The molecule has 1 aromatic heterocycles. The monoisotopic (exact) mass is 290 g/mol. The van der Waals surface area contributed by atoms with E-state index in [0.29, 0.717) is 5.69 Å². The third-order valence-electron chi connectivity index (χ3n) is 4.06. The van der Waals surface area contributed by atoms with E-state index in [0.717, 1.165) is 31.8 Å². The third-order valence-corrected chi connectivity index (χ3v) is 4.06. The number of carboxylic acids is 1. The molecule has 114 valence electrons. The Balaban J connectivity index is 2.00. The maximum atomic E-state index is 12.4. The van der Waals surface area contributed by atoms with Crippen LogP contribution in [0, 0.1) is 5.92 Å². The van der Waals surface area contributed by atoms with Crippen LogP contribution in [0.5, 0.6) is 0 Å². The molecule has 1 fully saturated rings. The van der Waals surface area contributed by atoms with Crippen molar-refractivity contribution in [3.8, 4) is 0 Å². The van der Waals surface area contributed by atoms with Crippen molar-refractivity contribution in [1.29, 1.82) is 0 Å². The molecule has 1 unspecified atom stereocenters. The topological polar surface area (TPSA) is 70.5 Å². The summed E-state index contributed by atoms with van der Waals surface area (Å²) in [5.41, 5.74) is 0.430. The number of hydrogen-bond acceptors (Lipinski definition) is 3. The average Bonchev–Trinajstić information content (AvgIpc) is 2.73. The Labute approximate surface area is 125 Å². The fraction of sp³-hybridized carbons (Fsp3) is 0.562. The highest BCUT2D eigenvalue weighted by molar-refractivity contribution is 5.93. The number of rotatable bonds is 4. The van der Waals surface area contributed by atoms with Crippen LogP contribution in [-0.4, -0.2) is 40.0 Å². The van der Waals surface area contributed by atoms with Crippen LogP contribution < -0.4 is 0 Å². The number of carbonyl (C=O) groups excluding carboxylic acids is 1. The van der Waals surface area contributed by atoms with Crippen molar-refractivity contribution in [1.82, 2.24) is 9.88 Å². The summed E-state index contributed by atoms with van der Waals surface area (Å²) in [5, 5.41) is 8.84. The summed E-state index contributed by atoms with van der Waals surface area (Å²) in [6.07, 6.45) is 6.93. The van der Waals surface area contributed by atoms with E-state index in [9.17, 15) is 9.59 Å². The number of hydrogen-bond donors (Lipinski definition) is 1. The van der Waals surface area contributed by atoms with Crippen molar-refractivity contribution in [2.45, 2.75) is 39.0 Å². The van der Waals surface area contributed by atoms with Gasteiger partial charge in [0, 0.05) is 19.3 Å². The first-order valence-electron chi connectivity index (χ1n) is 7.60. The fourth-order valence-corrected chi connectivity index (χ4v) is 2.87. The Hall–Kier alpha value is -1.91. The Morgan fingerprint density at radius 2 is 2.14 bits per heavy atom. The summed E-state index contributed by atoms with van der Waals surface area (Å²) in [5.74, 6) is -0.405. The molecule has 0 aliphatic carbocycles. The van der Waals surface area contributed by atoms with Gasteiger partial charge in [0.2, 0.25) is 0 Å². The molecule has 0 radical (unpaired) electrons. The van der Waals surface area contributed by atoms with Crippen molar-refractivity contribution in [2.24, 2.45) is 5.92 Å². The molecule has 2 heterocycles. The van der Waals surface area contributed by atoms with Crippen LogP contribution in [0.3, 0.4) is 0 Å². The molecular weight excluding hydrogens is 268 g/mol. The molecule has 2 rings (SSSR count). The molecule has 21 heavy (non-hydrogen) atoms. The quantitative estimate of drug-likeness (QED) is 0.925. The predicted octanol–water partition coefficient (Wildman–Crippen LogP) is 2.82. The Bertz CT molecular complexity index is 499. The SMILES string of the molecule is CCCC1CCCN(C(=O)c2ccc(C(=O)O)cn2)CC1. The number of aromatic carboxylic acids is 1. The van der Waals surface area contributed by atoms with Gasteiger partial charge in [-0.1, -0.05) is 19.8 Å². The van der Waals surface area contributed by atoms with Gasteiger partial charge in [0.1, 0.15) is 5.69 Å². The van der Waals surface area contributed by atoms with Gasteiger partial charge in [-0.15, -0.1) is 0 Å². The molecule has 1 aliphatic rings. The highest BCUT2D eigenvalue weighted by Crippen LogP contribution is 2.22. The van der Waals surface area contributed by atoms with Crippen LogP contribution >= 0.6 is 0 Å². The maximum Gasteiger partial charge on any atom is 0.337 e. The number of aromatic nitrogens is 1. The standard InChI is InChI=1S/C16H22N2O3/c1-2-4-12-5-3-9-18(10-8-12)15(19)14-7-6-13(11-17-14)16(20)21/h6-7,11-12H,2-5,8-10H2,1H3,(H,20,21). The average molecular weight is 290 g/mol. The summed E-state index contributed by atoms with van der Waals surface area (Å²) in [6.45, 7) is 3.73. The van der Waals surface area contributed by atoms with E-state index in [2.05, 4.69) is 11.9 Å². The Kier molecular flexibility index (Phi) is 5.31. The second-order valence-corrected chi connectivity index (χ2v) is 5.62. The molecule has 0 spiro atoms. The van der Waals surface area contributed by atoms with Crippen molar-refractivity contribution in [2.75, 3.05) is 13.1 Å². The molecule has 0 aromatic carbocycles. The first-order chi connectivity index (χ1) is 10.1. The summed E-state index contributed by atoms with van der Waals surface area (Å²) in [4.78, 5) is 29.0. The van der Waals surface area contributed by atoms with E-state index < -0.39 is 5.97 Å². The first-order valence-corrected chi connectivity index (χ1v) is 7.60. The van der Waals surface area contributed by atoms with Gasteiger partial charge in [0.15, 0.2) is 0 Å². The van der Waals surface area contributed by atoms with Crippen molar-refractivity contribution in [3.05, 3.63) is 29.6 Å². The van der Waals surface area contributed by atoms with Crippen molar-refractivity contribution >= 4 is 11.9 Å². The molecule has 0 bridgehead atoms. The molecule has 1 aromatic rings. The minimum absolute atomic E-state index is 0.0934. The lowest BCUT2D eigenvalue weighted by molar-refractivity contribution is 0.0692. The van der Waals surface area contributed by atoms with E-state index in [1.165, 1.54) is 37.6 Å². The van der Waals surface area contributed by atoms with Crippen LogP contribution in [0.25, 0.3) is 0 Å². The van der Waals surface area contributed by atoms with Crippen LogP contribution in [-0.2, 0) is 0 Å². The van der Waals surface area contributed by atoms with Gasteiger partial charge in [0.25, 0.3) is 5.91 Å². The van der Waals surface area contributed by atoms with Crippen LogP contribution in [0.15, 0.2) is 18.3 Å². The van der Waals surface area contributed by atoms with Gasteiger partial charge in [-0.3, -0.25) is 9.78 Å². The minimum Gasteiger partial charge on any atom is -0.478 e. The number of carbonyl (C=O) groups is 2. The first kappa shape index (κ1) is 15.5. The summed E-state index contributed by atoms with van der Waals surface area (Å²) >= 11 is 0. The molecule has 1 N–H and O–H groups in total. The lowest BCUT2D eigenvalue weighted by Gasteiger charge is -2.20. The molecule has 5 heteroatoms. The van der Waals surface area contributed by atoms with E-state index >= 15 is 0 Å². The number of amides is 1. The van der Waals surface area contributed by atoms with Gasteiger partial charge in [-0.05, 0) is 37.3 Å². The van der Waals surface area contributed by atoms with E-state index in [-0.39, 0.29) is 11.5 Å². The Morgan fingerprint density at radius 1 is 1.33 bits per heavy atom.